The van der Waals surface area contributed by atoms with Crippen LogP contribution < -0.4 is 0 Å². The molecule has 0 fully saturated rings. The normalized spacial score (nSPS) is 11.8. The van der Waals surface area contributed by atoms with Crippen molar-refractivity contribution in [2.24, 2.45) is 0 Å². The third-order valence-corrected chi connectivity index (χ3v) is 5.51. The standard InChI is InChI=1S/C18H14ClF2NO3S/c1-9-6-11(4-5-13(9)19)17-16(10(2)25-22-17)12-7-14(20)18(15(21)8-12)26(3,23)24/h4-8H,1-3H3. The second-order valence-corrected chi connectivity index (χ2v) is 8.33. The van der Waals surface area contributed by atoms with Crippen molar-refractivity contribution >= 4 is 21.4 Å². The van der Waals surface area contributed by atoms with Crippen LogP contribution in [-0.4, -0.2) is 19.8 Å². The molecule has 1 heterocycles. The van der Waals surface area contributed by atoms with Gasteiger partial charge >= 0.3 is 0 Å². The molecule has 0 bridgehead atoms. The highest BCUT2D eigenvalue weighted by Crippen LogP contribution is 2.37. The first-order valence-electron chi connectivity index (χ1n) is 7.52. The van der Waals surface area contributed by atoms with Gasteiger partial charge in [-0.2, -0.15) is 0 Å². The van der Waals surface area contributed by atoms with Gasteiger partial charge in [0, 0.05) is 16.8 Å². The summed E-state index contributed by atoms with van der Waals surface area (Å²) in [5.74, 6) is -1.99. The number of benzene rings is 2. The van der Waals surface area contributed by atoms with Gasteiger partial charge in [-0.1, -0.05) is 22.8 Å². The first-order valence-corrected chi connectivity index (χ1v) is 9.79. The van der Waals surface area contributed by atoms with Gasteiger partial charge in [-0.25, -0.2) is 17.2 Å². The minimum absolute atomic E-state index is 0.133. The molecule has 0 radical (unpaired) electrons. The molecule has 0 saturated carbocycles. The quantitative estimate of drug-likeness (QED) is 0.626. The summed E-state index contributed by atoms with van der Waals surface area (Å²) in [5.41, 5.74) is 2.36. The van der Waals surface area contributed by atoms with Crippen molar-refractivity contribution in [1.29, 1.82) is 0 Å². The molecule has 0 unspecified atom stereocenters. The highest BCUT2D eigenvalue weighted by molar-refractivity contribution is 7.90. The molecule has 1 aromatic heterocycles. The average molecular weight is 398 g/mol. The number of hydrogen-bond donors (Lipinski definition) is 0. The summed E-state index contributed by atoms with van der Waals surface area (Å²) in [6.07, 6.45) is 0.751. The second-order valence-electron chi connectivity index (χ2n) is 5.97. The zero-order valence-electron chi connectivity index (χ0n) is 14.1. The molecular formula is C18H14ClF2NO3S. The molecule has 2 aromatic carbocycles. The van der Waals surface area contributed by atoms with Crippen molar-refractivity contribution in [3.63, 3.8) is 0 Å². The van der Waals surface area contributed by atoms with Gasteiger partial charge in [0.05, 0.1) is 5.56 Å². The number of hydrogen-bond acceptors (Lipinski definition) is 4. The van der Waals surface area contributed by atoms with Crippen molar-refractivity contribution in [1.82, 2.24) is 5.16 Å². The van der Waals surface area contributed by atoms with Crippen molar-refractivity contribution < 1.29 is 21.7 Å². The van der Waals surface area contributed by atoms with Gasteiger partial charge < -0.3 is 4.52 Å². The molecule has 0 amide bonds. The Labute approximate surface area is 154 Å². The lowest BCUT2D eigenvalue weighted by atomic mass is 9.98. The van der Waals surface area contributed by atoms with E-state index in [0.29, 0.717) is 27.6 Å². The third-order valence-electron chi connectivity index (χ3n) is 3.95. The number of sulfone groups is 1. The predicted molar refractivity (Wildman–Crippen MR) is 94.9 cm³/mol. The fourth-order valence-corrected chi connectivity index (χ4v) is 3.70. The van der Waals surface area contributed by atoms with E-state index in [9.17, 15) is 17.2 Å². The van der Waals surface area contributed by atoms with Gasteiger partial charge in [0.1, 0.15) is 28.0 Å². The van der Waals surface area contributed by atoms with Crippen LogP contribution >= 0.6 is 11.6 Å². The molecule has 0 aliphatic heterocycles. The minimum atomic E-state index is -4.04. The molecule has 0 N–H and O–H groups in total. The van der Waals surface area contributed by atoms with Crippen LogP contribution in [0.4, 0.5) is 8.78 Å². The first kappa shape index (κ1) is 18.5. The molecule has 3 rings (SSSR count). The molecular weight excluding hydrogens is 384 g/mol. The highest BCUT2D eigenvalue weighted by Gasteiger charge is 2.24. The van der Waals surface area contributed by atoms with E-state index >= 15 is 0 Å². The summed E-state index contributed by atoms with van der Waals surface area (Å²) in [6, 6.07) is 7.11. The molecule has 4 nitrogen and oxygen atoms in total. The topological polar surface area (TPSA) is 60.2 Å². The van der Waals surface area contributed by atoms with Gasteiger partial charge in [-0.15, -0.1) is 0 Å². The SMILES string of the molecule is Cc1cc(-c2noc(C)c2-c2cc(F)c(S(C)(=O)=O)c(F)c2)ccc1Cl. The van der Waals surface area contributed by atoms with Crippen LogP contribution in [-0.2, 0) is 9.84 Å². The molecule has 136 valence electrons. The van der Waals surface area contributed by atoms with Crippen LogP contribution in [0.2, 0.25) is 5.02 Å². The van der Waals surface area contributed by atoms with Crippen LogP contribution in [0, 0.1) is 25.5 Å². The molecule has 0 aliphatic carbocycles. The summed E-state index contributed by atoms with van der Waals surface area (Å²) in [4.78, 5) is -0.959. The zero-order chi connectivity index (χ0) is 19.2. The van der Waals surface area contributed by atoms with Crippen LogP contribution in [0.3, 0.4) is 0 Å². The van der Waals surface area contributed by atoms with Gasteiger partial charge in [0.2, 0.25) is 0 Å². The molecule has 8 heteroatoms. The lowest BCUT2D eigenvalue weighted by Crippen LogP contribution is -2.05. The van der Waals surface area contributed by atoms with Crippen LogP contribution in [0.25, 0.3) is 22.4 Å². The van der Waals surface area contributed by atoms with E-state index in [4.69, 9.17) is 16.1 Å². The van der Waals surface area contributed by atoms with Crippen molar-refractivity contribution in [3.8, 4) is 22.4 Å². The first-order chi connectivity index (χ1) is 12.1. The van der Waals surface area contributed by atoms with Gasteiger partial charge in [-0.3, -0.25) is 0 Å². The van der Waals surface area contributed by atoms with Gasteiger partial charge in [0.25, 0.3) is 0 Å². The van der Waals surface area contributed by atoms with Crippen LogP contribution in [0.1, 0.15) is 11.3 Å². The Balaban J connectivity index is 2.23. The summed E-state index contributed by atoms with van der Waals surface area (Å²) in [7, 11) is -4.04. The molecule has 0 spiro atoms. The number of aromatic nitrogens is 1. The van der Waals surface area contributed by atoms with Gasteiger partial charge in [0.15, 0.2) is 9.84 Å². The summed E-state index contributed by atoms with van der Waals surface area (Å²) >= 11 is 6.03. The van der Waals surface area contributed by atoms with E-state index in [0.717, 1.165) is 24.0 Å². The number of halogens is 3. The lowest BCUT2D eigenvalue weighted by molar-refractivity contribution is 0.400. The van der Waals surface area contributed by atoms with E-state index in [1.165, 1.54) is 0 Å². The van der Waals surface area contributed by atoms with Crippen molar-refractivity contribution in [3.05, 3.63) is 58.3 Å². The Morgan fingerprint density at radius 1 is 1.04 bits per heavy atom. The molecule has 26 heavy (non-hydrogen) atoms. The number of aryl methyl sites for hydroxylation is 2. The summed E-state index contributed by atoms with van der Waals surface area (Å²) in [5, 5.41) is 4.56. The third kappa shape index (κ3) is 3.24. The van der Waals surface area contributed by atoms with Crippen LogP contribution in [0.5, 0.6) is 0 Å². The molecule has 0 atom stereocenters. The van der Waals surface area contributed by atoms with E-state index in [1.54, 1.807) is 25.1 Å². The molecule has 0 saturated heterocycles. The predicted octanol–water partition coefficient (Wildman–Crippen LogP) is 4.96. The largest absolute Gasteiger partial charge is 0.360 e. The Morgan fingerprint density at radius 2 is 1.65 bits per heavy atom. The summed E-state index contributed by atoms with van der Waals surface area (Å²) in [6.45, 7) is 3.42. The zero-order valence-corrected chi connectivity index (χ0v) is 15.7. The lowest BCUT2D eigenvalue weighted by Gasteiger charge is -2.08. The fraction of sp³-hybridized carbons (Fsp3) is 0.167. The monoisotopic (exact) mass is 397 g/mol. The van der Waals surface area contributed by atoms with E-state index in [1.807, 2.05) is 6.92 Å². The van der Waals surface area contributed by atoms with E-state index in [2.05, 4.69) is 5.16 Å². The maximum Gasteiger partial charge on any atom is 0.181 e. The molecule has 0 aliphatic rings. The van der Waals surface area contributed by atoms with Crippen molar-refractivity contribution in [2.75, 3.05) is 6.26 Å². The smallest absolute Gasteiger partial charge is 0.181 e. The van der Waals surface area contributed by atoms with E-state index in [-0.39, 0.29) is 5.56 Å². The highest BCUT2D eigenvalue weighted by atomic mass is 35.5. The minimum Gasteiger partial charge on any atom is -0.360 e. The number of nitrogens with zero attached hydrogens (tertiary/aromatic N) is 1. The maximum absolute atomic E-state index is 14.3. The number of rotatable bonds is 3. The van der Waals surface area contributed by atoms with Gasteiger partial charge in [-0.05, 0) is 49.2 Å². The fourth-order valence-electron chi connectivity index (χ4n) is 2.76. The Morgan fingerprint density at radius 3 is 2.19 bits per heavy atom. The second kappa shape index (κ2) is 6.48. The van der Waals surface area contributed by atoms with Crippen molar-refractivity contribution in [2.45, 2.75) is 18.7 Å². The average Bonchev–Trinajstić information content (AvgIpc) is 2.89. The Bertz CT molecular complexity index is 1100. The molecule has 3 aromatic rings. The van der Waals surface area contributed by atoms with E-state index < -0.39 is 26.4 Å². The van der Waals surface area contributed by atoms with Crippen LogP contribution in [0.15, 0.2) is 39.8 Å². The Hall–Kier alpha value is -2.25. The maximum atomic E-state index is 14.3. The Kier molecular flexibility index (Phi) is 4.62. The summed E-state index contributed by atoms with van der Waals surface area (Å²) < 4.78 is 56.9.